The molecular formula is C15H32N2. The molecule has 3 atom stereocenters. The number of hydrogen-bond acceptors (Lipinski definition) is 2. The van der Waals surface area contributed by atoms with E-state index < -0.39 is 0 Å². The fourth-order valence-electron chi connectivity index (χ4n) is 2.66. The standard InChI is InChI=1S/C15H32N2/c1-7-16-14(15(4,5)6)11-17-9-8-12(2)13(3)10-17/h12-14,16H,7-11H2,1-6H3. The van der Waals surface area contributed by atoms with Crippen molar-refractivity contribution in [3.05, 3.63) is 0 Å². The average molecular weight is 240 g/mol. The minimum Gasteiger partial charge on any atom is -0.312 e. The molecule has 3 unspecified atom stereocenters. The molecule has 0 saturated carbocycles. The van der Waals surface area contributed by atoms with Crippen molar-refractivity contribution in [3.63, 3.8) is 0 Å². The van der Waals surface area contributed by atoms with Crippen molar-refractivity contribution in [2.45, 2.75) is 54.0 Å². The molecule has 2 heteroatoms. The van der Waals surface area contributed by atoms with Gasteiger partial charge in [0.1, 0.15) is 0 Å². The molecule has 0 aromatic rings. The molecule has 1 fully saturated rings. The minimum absolute atomic E-state index is 0.350. The number of likely N-dealkylation sites (tertiary alicyclic amines) is 1. The van der Waals surface area contributed by atoms with Gasteiger partial charge < -0.3 is 10.2 Å². The van der Waals surface area contributed by atoms with Gasteiger partial charge >= 0.3 is 0 Å². The molecule has 1 aliphatic rings. The summed E-state index contributed by atoms with van der Waals surface area (Å²) >= 11 is 0. The molecule has 2 nitrogen and oxygen atoms in total. The molecule has 1 heterocycles. The Kier molecular flexibility index (Phi) is 5.46. The Morgan fingerprint density at radius 3 is 2.35 bits per heavy atom. The highest BCUT2D eigenvalue weighted by molar-refractivity contribution is 4.85. The maximum Gasteiger partial charge on any atom is 0.0243 e. The number of nitrogens with one attached hydrogen (secondary N) is 1. The summed E-state index contributed by atoms with van der Waals surface area (Å²) in [5.41, 5.74) is 0.350. The lowest BCUT2D eigenvalue weighted by molar-refractivity contribution is 0.103. The molecule has 0 aromatic heterocycles. The first-order valence-electron chi connectivity index (χ1n) is 7.30. The lowest BCUT2D eigenvalue weighted by Gasteiger charge is -2.40. The van der Waals surface area contributed by atoms with E-state index in [1.165, 1.54) is 26.1 Å². The summed E-state index contributed by atoms with van der Waals surface area (Å²) in [6, 6.07) is 0.605. The van der Waals surface area contributed by atoms with Crippen molar-refractivity contribution in [3.8, 4) is 0 Å². The van der Waals surface area contributed by atoms with Crippen LogP contribution in [0.5, 0.6) is 0 Å². The van der Waals surface area contributed by atoms with E-state index >= 15 is 0 Å². The minimum atomic E-state index is 0.350. The fraction of sp³-hybridized carbons (Fsp3) is 1.00. The van der Waals surface area contributed by atoms with Gasteiger partial charge in [0, 0.05) is 19.1 Å². The summed E-state index contributed by atoms with van der Waals surface area (Å²) in [5, 5.41) is 3.65. The molecule has 17 heavy (non-hydrogen) atoms. The van der Waals surface area contributed by atoms with Gasteiger partial charge in [-0.15, -0.1) is 0 Å². The lowest BCUT2D eigenvalue weighted by atomic mass is 9.84. The molecule has 0 amide bonds. The topological polar surface area (TPSA) is 15.3 Å². The van der Waals surface area contributed by atoms with Crippen LogP contribution in [0.2, 0.25) is 0 Å². The highest BCUT2D eigenvalue weighted by Gasteiger charge is 2.29. The Morgan fingerprint density at radius 2 is 1.88 bits per heavy atom. The predicted molar refractivity (Wildman–Crippen MR) is 76.3 cm³/mol. The van der Waals surface area contributed by atoms with Crippen LogP contribution in [0.1, 0.15) is 48.0 Å². The summed E-state index contributed by atoms with van der Waals surface area (Å²) < 4.78 is 0. The quantitative estimate of drug-likeness (QED) is 0.812. The van der Waals surface area contributed by atoms with E-state index in [0.29, 0.717) is 11.5 Å². The Morgan fingerprint density at radius 1 is 1.24 bits per heavy atom. The highest BCUT2D eigenvalue weighted by Crippen LogP contribution is 2.25. The van der Waals surface area contributed by atoms with Gasteiger partial charge in [-0.25, -0.2) is 0 Å². The first kappa shape index (κ1) is 15.0. The fourth-order valence-corrected chi connectivity index (χ4v) is 2.66. The van der Waals surface area contributed by atoms with Crippen LogP contribution >= 0.6 is 0 Å². The molecule has 1 rings (SSSR count). The predicted octanol–water partition coefficient (Wildman–Crippen LogP) is 2.99. The van der Waals surface area contributed by atoms with Crippen LogP contribution in [0.25, 0.3) is 0 Å². The number of hydrogen-bond donors (Lipinski definition) is 1. The third-order valence-corrected chi connectivity index (χ3v) is 4.35. The number of rotatable bonds is 4. The largest absolute Gasteiger partial charge is 0.312 e. The van der Waals surface area contributed by atoms with Crippen molar-refractivity contribution < 1.29 is 0 Å². The van der Waals surface area contributed by atoms with E-state index in [0.717, 1.165) is 18.4 Å². The van der Waals surface area contributed by atoms with Gasteiger partial charge in [-0.3, -0.25) is 0 Å². The van der Waals surface area contributed by atoms with Crippen LogP contribution in [0.3, 0.4) is 0 Å². The molecule has 1 saturated heterocycles. The normalized spacial score (nSPS) is 29.3. The van der Waals surface area contributed by atoms with E-state index in [-0.39, 0.29) is 0 Å². The Hall–Kier alpha value is -0.0800. The molecule has 102 valence electrons. The van der Waals surface area contributed by atoms with Gasteiger partial charge in [0.25, 0.3) is 0 Å². The summed E-state index contributed by atoms with van der Waals surface area (Å²) in [4.78, 5) is 2.66. The Balaban J connectivity index is 2.50. The van der Waals surface area contributed by atoms with Crippen LogP contribution in [-0.4, -0.2) is 37.1 Å². The summed E-state index contributed by atoms with van der Waals surface area (Å²) in [7, 11) is 0. The second-order valence-electron chi connectivity index (χ2n) is 6.98. The van der Waals surface area contributed by atoms with Crippen molar-refractivity contribution in [1.82, 2.24) is 10.2 Å². The summed E-state index contributed by atoms with van der Waals surface area (Å²) in [5.74, 6) is 1.75. The van der Waals surface area contributed by atoms with Crippen LogP contribution in [0.15, 0.2) is 0 Å². The molecule has 0 spiro atoms. The maximum atomic E-state index is 3.65. The monoisotopic (exact) mass is 240 g/mol. The molecule has 0 bridgehead atoms. The zero-order chi connectivity index (χ0) is 13.1. The first-order chi connectivity index (χ1) is 7.84. The van der Waals surface area contributed by atoms with E-state index in [1.54, 1.807) is 0 Å². The van der Waals surface area contributed by atoms with Crippen LogP contribution < -0.4 is 5.32 Å². The SMILES string of the molecule is CCNC(CN1CCC(C)C(C)C1)C(C)(C)C. The number of likely N-dealkylation sites (N-methyl/N-ethyl adjacent to an activating group) is 1. The van der Waals surface area contributed by atoms with Crippen molar-refractivity contribution in [2.24, 2.45) is 17.3 Å². The van der Waals surface area contributed by atoms with Gasteiger partial charge in [0.15, 0.2) is 0 Å². The third kappa shape index (κ3) is 4.59. The van der Waals surface area contributed by atoms with Gasteiger partial charge in [-0.2, -0.15) is 0 Å². The van der Waals surface area contributed by atoms with E-state index in [9.17, 15) is 0 Å². The maximum absolute atomic E-state index is 3.65. The lowest BCUT2D eigenvalue weighted by Crippen LogP contribution is -2.51. The van der Waals surface area contributed by atoms with Crippen molar-refractivity contribution >= 4 is 0 Å². The van der Waals surface area contributed by atoms with Gasteiger partial charge in [-0.1, -0.05) is 41.5 Å². The van der Waals surface area contributed by atoms with Crippen molar-refractivity contribution in [2.75, 3.05) is 26.2 Å². The highest BCUT2D eigenvalue weighted by atomic mass is 15.2. The second kappa shape index (κ2) is 6.19. The zero-order valence-electron chi connectivity index (χ0n) is 12.7. The summed E-state index contributed by atoms with van der Waals surface area (Å²) in [6.07, 6.45) is 1.37. The van der Waals surface area contributed by atoms with E-state index in [1.807, 2.05) is 0 Å². The average Bonchev–Trinajstić information content (AvgIpc) is 2.21. The zero-order valence-corrected chi connectivity index (χ0v) is 12.7. The smallest absolute Gasteiger partial charge is 0.0243 e. The molecule has 0 radical (unpaired) electrons. The van der Waals surface area contributed by atoms with Gasteiger partial charge in [-0.05, 0) is 36.8 Å². The van der Waals surface area contributed by atoms with Gasteiger partial charge in [0.05, 0.1) is 0 Å². The van der Waals surface area contributed by atoms with E-state index in [4.69, 9.17) is 0 Å². The Bertz CT molecular complexity index is 219. The molecule has 0 aromatic carbocycles. The summed E-state index contributed by atoms with van der Waals surface area (Å²) in [6.45, 7) is 18.9. The third-order valence-electron chi connectivity index (χ3n) is 4.35. The second-order valence-corrected chi connectivity index (χ2v) is 6.98. The van der Waals surface area contributed by atoms with Crippen LogP contribution in [0.4, 0.5) is 0 Å². The van der Waals surface area contributed by atoms with E-state index in [2.05, 4.69) is 51.8 Å². The van der Waals surface area contributed by atoms with Crippen molar-refractivity contribution in [1.29, 1.82) is 0 Å². The van der Waals surface area contributed by atoms with Crippen LogP contribution in [-0.2, 0) is 0 Å². The molecular weight excluding hydrogens is 208 g/mol. The number of nitrogens with zero attached hydrogens (tertiary/aromatic N) is 1. The molecule has 1 aliphatic heterocycles. The van der Waals surface area contributed by atoms with Crippen LogP contribution in [0, 0.1) is 17.3 Å². The molecule has 1 N–H and O–H groups in total. The number of piperidine rings is 1. The van der Waals surface area contributed by atoms with Gasteiger partial charge in [0.2, 0.25) is 0 Å². The molecule has 0 aliphatic carbocycles. The first-order valence-corrected chi connectivity index (χ1v) is 7.30. The Labute approximate surface area is 108 Å².